The van der Waals surface area contributed by atoms with Crippen LogP contribution in [0.1, 0.15) is 69.8 Å². The van der Waals surface area contributed by atoms with Gasteiger partial charge in [0.25, 0.3) is 0 Å². The Labute approximate surface area is 357 Å². The van der Waals surface area contributed by atoms with E-state index < -0.39 is 0 Å². The smallest absolute Gasteiger partial charge is 0.137 e. The van der Waals surface area contributed by atoms with Crippen LogP contribution in [0.4, 0.5) is 0 Å². The van der Waals surface area contributed by atoms with E-state index in [1.807, 2.05) is 24.5 Å². The zero-order valence-electron chi connectivity index (χ0n) is 33.7. The second kappa shape index (κ2) is 17.3. The molecule has 0 saturated heterocycles. The quantitative estimate of drug-likeness (QED) is 0.0719. The Hall–Kier alpha value is -7.05. The van der Waals surface area contributed by atoms with Crippen molar-refractivity contribution in [3.05, 3.63) is 190 Å². The number of hydrogen-bond donors (Lipinski definition) is 4. The molecule has 0 amide bonds. The Morgan fingerprint density at radius 3 is 1.57 bits per heavy atom. The summed E-state index contributed by atoms with van der Waals surface area (Å²) in [5.74, 6) is 3.85. The zero-order valence-corrected chi connectivity index (χ0v) is 34.4. The van der Waals surface area contributed by atoms with Crippen LogP contribution in [0.5, 0.6) is 0 Å². The van der Waals surface area contributed by atoms with Crippen LogP contribution >= 0.6 is 11.6 Å². The lowest BCUT2D eigenvalue weighted by Gasteiger charge is -2.11. The van der Waals surface area contributed by atoms with Gasteiger partial charge in [0.1, 0.15) is 23.3 Å². The summed E-state index contributed by atoms with van der Waals surface area (Å²) >= 11 is 6.18. The summed E-state index contributed by atoms with van der Waals surface area (Å²) in [5.41, 5.74) is 11.6. The molecule has 0 aliphatic heterocycles. The fourth-order valence-electron chi connectivity index (χ4n) is 8.40. The third kappa shape index (κ3) is 8.53. The average Bonchev–Trinajstić information content (AvgIpc) is 4.17. The first kappa shape index (κ1) is 38.2. The molecule has 0 fully saturated rings. The standard InChI is InChI=1S/C48H45ClN12/c49-38-16-11-33(12-17-38)22-46-57-59-48(61(46)20-4-6-40-29-51-31-55-40)25-37-27-53-44-23-35(15-18-42(37)44)34-13-9-32(10-14-34)21-45-56-58-47(60(45)19-3-5-39-28-50-30-54-39)24-36-26-52-43-8-2-1-7-41(36)43/h1-2,7-18,23,26-31,52-53H,3-6,19-22,24-25H2,(H,50,54)(H,51,55). The van der Waals surface area contributed by atoms with Crippen molar-refractivity contribution in [2.45, 2.75) is 64.5 Å². The van der Waals surface area contributed by atoms with Gasteiger partial charge >= 0.3 is 0 Å². The topological polar surface area (TPSA) is 150 Å². The Morgan fingerprint density at radius 1 is 0.492 bits per heavy atom. The fourth-order valence-corrected chi connectivity index (χ4v) is 8.52. The number of aromatic nitrogens is 12. The van der Waals surface area contributed by atoms with Crippen LogP contribution < -0.4 is 0 Å². The molecule has 0 aliphatic carbocycles. The molecule has 304 valence electrons. The SMILES string of the molecule is Clc1ccc(Cc2nnc(Cc3c[nH]c4cc(-c5ccc(Cc6nnc(Cc7c[nH]c8ccccc78)n6CCCc6cnc[nH]6)cc5)ccc34)n2CCCc2cnc[nH]2)cc1. The van der Waals surface area contributed by atoms with Gasteiger partial charge in [-0.1, -0.05) is 78.3 Å². The lowest BCUT2D eigenvalue weighted by Crippen LogP contribution is -2.10. The van der Waals surface area contributed by atoms with Gasteiger partial charge in [0.15, 0.2) is 0 Å². The highest BCUT2D eigenvalue weighted by Gasteiger charge is 2.18. The number of H-pyrrole nitrogens is 4. The van der Waals surface area contributed by atoms with E-state index in [0.717, 1.165) is 106 Å². The van der Waals surface area contributed by atoms with Gasteiger partial charge < -0.3 is 29.1 Å². The number of imidazole rings is 2. The van der Waals surface area contributed by atoms with Crippen molar-refractivity contribution in [2.75, 3.05) is 0 Å². The molecule has 4 N–H and O–H groups in total. The van der Waals surface area contributed by atoms with Crippen molar-refractivity contribution in [1.29, 1.82) is 0 Å². The molecule has 0 aliphatic rings. The van der Waals surface area contributed by atoms with E-state index in [0.29, 0.717) is 25.7 Å². The molecule has 10 aromatic rings. The zero-order chi connectivity index (χ0) is 41.0. The van der Waals surface area contributed by atoms with Gasteiger partial charge in [-0.15, -0.1) is 20.4 Å². The maximum absolute atomic E-state index is 6.18. The molecule has 0 spiro atoms. The average molecular weight is 825 g/mol. The lowest BCUT2D eigenvalue weighted by atomic mass is 10.0. The van der Waals surface area contributed by atoms with E-state index in [9.17, 15) is 0 Å². The minimum atomic E-state index is 0.670. The summed E-state index contributed by atoms with van der Waals surface area (Å²) in [6.07, 6.45) is 17.9. The van der Waals surface area contributed by atoms with Gasteiger partial charge in [-0.05, 0) is 83.3 Å². The van der Waals surface area contributed by atoms with E-state index in [2.05, 4.69) is 135 Å². The number of benzene rings is 4. The second-order valence-corrected chi connectivity index (χ2v) is 16.1. The van der Waals surface area contributed by atoms with E-state index >= 15 is 0 Å². The first-order chi connectivity index (χ1) is 30.1. The number of aromatic amines is 4. The first-order valence-electron chi connectivity index (χ1n) is 20.8. The predicted molar refractivity (Wildman–Crippen MR) is 239 cm³/mol. The lowest BCUT2D eigenvalue weighted by molar-refractivity contribution is 0.593. The number of nitrogens with zero attached hydrogens (tertiary/aromatic N) is 8. The van der Waals surface area contributed by atoms with Crippen LogP contribution in [0.15, 0.2) is 128 Å². The van der Waals surface area contributed by atoms with Gasteiger partial charge in [-0.25, -0.2) is 9.97 Å². The Bertz CT molecular complexity index is 2990. The molecule has 10 rings (SSSR count). The molecule has 4 aromatic carbocycles. The highest BCUT2D eigenvalue weighted by Crippen LogP contribution is 2.29. The van der Waals surface area contributed by atoms with Crippen molar-refractivity contribution < 1.29 is 0 Å². The summed E-state index contributed by atoms with van der Waals surface area (Å²) in [6, 6.07) is 31.9. The second-order valence-electron chi connectivity index (χ2n) is 15.7. The maximum atomic E-state index is 6.18. The molecule has 0 unspecified atom stereocenters. The minimum absolute atomic E-state index is 0.670. The molecule has 0 atom stereocenters. The van der Waals surface area contributed by atoms with Crippen LogP contribution in [0.25, 0.3) is 32.9 Å². The minimum Gasteiger partial charge on any atom is -0.361 e. The highest BCUT2D eigenvalue weighted by molar-refractivity contribution is 6.30. The summed E-state index contributed by atoms with van der Waals surface area (Å²) in [6.45, 7) is 1.63. The number of halogens is 1. The van der Waals surface area contributed by atoms with Crippen molar-refractivity contribution in [3.63, 3.8) is 0 Å². The van der Waals surface area contributed by atoms with Crippen molar-refractivity contribution >= 4 is 33.4 Å². The predicted octanol–water partition coefficient (Wildman–Crippen LogP) is 9.23. The van der Waals surface area contributed by atoms with Gasteiger partial charge in [0.2, 0.25) is 0 Å². The number of nitrogens with one attached hydrogen (secondary N) is 4. The van der Waals surface area contributed by atoms with E-state index in [4.69, 9.17) is 26.9 Å². The molecular weight excluding hydrogens is 780 g/mol. The van der Waals surface area contributed by atoms with E-state index in [1.165, 1.54) is 27.5 Å². The van der Waals surface area contributed by atoms with Crippen LogP contribution in [0, 0.1) is 0 Å². The molecular formula is C48H45ClN12. The monoisotopic (exact) mass is 824 g/mol. The third-order valence-corrected chi connectivity index (χ3v) is 11.9. The van der Waals surface area contributed by atoms with E-state index in [1.54, 1.807) is 12.7 Å². The fraction of sp³-hybridized carbons (Fsp3) is 0.208. The maximum Gasteiger partial charge on any atom is 0.137 e. The number of aryl methyl sites for hydroxylation is 2. The molecule has 12 nitrogen and oxygen atoms in total. The highest BCUT2D eigenvalue weighted by atomic mass is 35.5. The number of para-hydroxylation sites is 1. The summed E-state index contributed by atoms with van der Waals surface area (Å²) in [4.78, 5) is 21.8. The normalized spacial score (nSPS) is 11.7. The summed E-state index contributed by atoms with van der Waals surface area (Å²) < 4.78 is 4.60. The number of fused-ring (bicyclic) bond motifs is 2. The third-order valence-electron chi connectivity index (χ3n) is 11.6. The molecule has 61 heavy (non-hydrogen) atoms. The van der Waals surface area contributed by atoms with Gasteiger partial charge in [-0.3, -0.25) is 0 Å². The van der Waals surface area contributed by atoms with Crippen molar-refractivity contribution in [2.24, 2.45) is 0 Å². The summed E-state index contributed by atoms with van der Waals surface area (Å²) in [7, 11) is 0. The first-order valence-corrected chi connectivity index (χ1v) is 21.2. The van der Waals surface area contributed by atoms with Crippen LogP contribution in [-0.2, 0) is 51.6 Å². The number of hydrogen-bond acceptors (Lipinski definition) is 6. The molecule has 0 radical (unpaired) electrons. The largest absolute Gasteiger partial charge is 0.361 e. The molecule has 6 heterocycles. The Morgan fingerprint density at radius 2 is 1.00 bits per heavy atom. The van der Waals surface area contributed by atoms with Gasteiger partial charge in [0.05, 0.1) is 12.7 Å². The van der Waals surface area contributed by atoms with Crippen molar-refractivity contribution in [1.82, 2.24) is 59.4 Å². The molecule has 6 aromatic heterocycles. The van der Waals surface area contributed by atoms with Crippen LogP contribution in [-0.4, -0.2) is 59.4 Å². The van der Waals surface area contributed by atoms with Crippen molar-refractivity contribution in [3.8, 4) is 11.1 Å². The Kier molecular flexibility index (Phi) is 10.8. The summed E-state index contributed by atoms with van der Waals surface area (Å²) in [5, 5.41) is 22.0. The van der Waals surface area contributed by atoms with Gasteiger partial charge in [0, 0.05) is 102 Å². The van der Waals surface area contributed by atoms with Crippen LogP contribution in [0.2, 0.25) is 5.02 Å². The van der Waals surface area contributed by atoms with Gasteiger partial charge in [-0.2, -0.15) is 0 Å². The van der Waals surface area contributed by atoms with E-state index in [-0.39, 0.29) is 0 Å². The van der Waals surface area contributed by atoms with Crippen LogP contribution in [0.3, 0.4) is 0 Å². The Balaban J connectivity index is 0.850. The molecule has 13 heteroatoms. The molecule has 0 bridgehead atoms. The number of rotatable bonds is 17. The molecule has 0 saturated carbocycles.